The van der Waals surface area contributed by atoms with E-state index in [4.69, 9.17) is 31.0 Å². The number of thiazole rings is 1. The summed E-state index contributed by atoms with van der Waals surface area (Å²) in [6, 6.07) is 12.2. The van der Waals surface area contributed by atoms with Crippen LogP contribution in [0.15, 0.2) is 36.4 Å². The number of aliphatic carboxylic acids is 1. The van der Waals surface area contributed by atoms with Gasteiger partial charge in [0.15, 0.2) is 16.6 Å². The number of carbonyl (C=O) groups is 2. The molecular formula is C27H30ClF3N4O5S. The highest BCUT2D eigenvalue weighted by atomic mass is 35.5. The molecule has 1 aromatic heterocycles. The van der Waals surface area contributed by atoms with Crippen molar-refractivity contribution in [3.05, 3.63) is 47.0 Å². The van der Waals surface area contributed by atoms with Gasteiger partial charge in [-0.2, -0.15) is 13.2 Å². The number of aromatic nitrogens is 1. The van der Waals surface area contributed by atoms with Crippen LogP contribution in [0.2, 0.25) is 5.02 Å². The number of likely N-dealkylation sites (N-methyl/N-ethyl adjacent to an activating group) is 1. The van der Waals surface area contributed by atoms with Crippen LogP contribution < -0.4 is 20.1 Å². The third-order valence-corrected chi connectivity index (χ3v) is 8.89. The largest absolute Gasteiger partial charge is 0.493 e. The predicted octanol–water partition coefficient (Wildman–Crippen LogP) is 5.92. The lowest BCUT2D eigenvalue weighted by atomic mass is 9.65. The van der Waals surface area contributed by atoms with Crippen LogP contribution >= 0.6 is 22.9 Å². The van der Waals surface area contributed by atoms with E-state index in [2.05, 4.69) is 39.7 Å². The number of benzene rings is 2. The van der Waals surface area contributed by atoms with Crippen molar-refractivity contribution in [2.75, 3.05) is 33.1 Å². The van der Waals surface area contributed by atoms with E-state index < -0.39 is 12.1 Å². The number of ether oxygens (including phenoxy) is 2. The summed E-state index contributed by atoms with van der Waals surface area (Å²) < 4.78 is 43.7. The van der Waals surface area contributed by atoms with E-state index >= 15 is 0 Å². The number of nitrogens with zero attached hydrogens (tertiary/aromatic N) is 2. The van der Waals surface area contributed by atoms with Crippen LogP contribution in [-0.2, 0) is 10.2 Å². The molecule has 2 heterocycles. The third-order valence-electron chi connectivity index (χ3n) is 7.65. The number of amides is 2. The van der Waals surface area contributed by atoms with Gasteiger partial charge in [-0.25, -0.2) is 14.6 Å². The fourth-order valence-electron chi connectivity index (χ4n) is 5.68. The van der Waals surface area contributed by atoms with Crippen molar-refractivity contribution in [2.24, 2.45) is 0 Å². The van der Waals surface area contributed by atoms with Crippen molar-refractivity contribution < 1.29 is 37.3 Å². The summed E-state index contributed by atoms with van der Waals surface area (Å²) in [5, 5.41) is 14.3. The Bertz CT molecular complexity index is 1420. The molecule has 3 aromatic rings. The Morgan fingerprint density at radius 3 is 2.51 bits per heavy atom. The van der Waals surface area contributed by atoms with Crippen LogP contribution in [-0.4, -0.2) is 73.1 Å². The molecule has 0 bridgehead atoms. The summed E-state index contributed by atoms with van der Waals surface area (Å²) in [6.45, 7) is 1.03. The average molecular weight is 615 g/mol. The molecule has 0 spiro atoms. The van der Waals surface area contributed by atoms with Gasteiger partial charge in [-0.3, -0.25) is 5.32 Å². The first-order valence-electron chi connectivity index (χ1n) is 12.7. The van der Waals surface area contributed by atoms with Crippen molar-refractivity contribution >= 4 is 50.3 Å². The lowest BCUT2D eigenvalue weighted by molar-refractivity contribution is -0.192. The van der Waals surface area contributed by atoms with E-state index in [-0.39, 0.29) is 17.5 Å². The van der Waals surface area contributed by atoms with Crippen molar-refractivity contribution in [1.29, 1.82) is 0 Å². The first-order chi connectivity index (χ1) is 19.4. The van der Waals surface area contributed by atoms with Crippen molar-refractivity contribution in [1.82, 2.24) is 15.2 Å². The van der Waals surface area contributed by atoms with Gasteiger partial charge >= 0.3 is 18.2 Å². The summed E-state index contributed by atoms with van der Waals surface area (Å²) in [5.41, 5.74) is 2.05. The van der Waals surface area contributed by atoms with Crippen molar-refractivity contribution in [2.45, 2.75) is 49.4 Å². The predicted molar refractivity (Wildman–Crippen MR) is 150 cm³/mol. The van der Waals surface area contributed by atoms with Crippen molar-refractivity contribution in [3.8, 4) is 11.5 Å². The molecule has 2 fully saturated rings. The van der Waals surface area contributed by atoms with Gasteiger partial charge in [-0.05, 0) is 69.1 Å². The zero-order valence-electron chi connectivity index (χ0n) is 22.5. The number of carbonyl (C=O) groups excluding carboxylic acids is 1. The minimum absolute atomic E-state index is 0.0484. The SMILES string of the molecule is COc1ccc(C23CCC(NC(=O)Nc4nc5c(Cl)cccc5s4)CC2N(C)CC3)cc1OC.O=C(O)C(F)(F)F. The molecule has 3 unspecified atom stereocenters. The third kappa shape index (κ3) is 6.62. The number of hydrogen-bond acceptors (Lipinski definition) is 7. The zero-order chi connectivity index (χ0) is 29.9. The molecular weight excluding hydrogens is 585 g/mol. The molecule has 2 aromatic carbocycles. The van der Waals surface area contributed by atoms with Gasteiger partial charge in [-0.15, -0.1) is 0 Å². The zero-order valence-corrected chi connectivity index (χ0v) is 24.1. The summed E-state index contributed by atoms with van der Waals surface area (Å²) in [4.78, 5) is 28.6. The van der Waals surface area contributed by atoms with E-state index in [1.165, 1.54) is 16.9 Å². The van der Waals surface area contributed by atoms with Gasteiger partial charge < -0.3 is 24.8 Å². The second kappa shape index (κ2) is 12.3. The molecule has 1 saturated carbocycles. The second-order valence-electron chi connectivity index (χ2n) is 9.95. The molecule has 41 heavy (non-hydrogen) atoms. The highest BCUT2D eigenvalue weighted by Gasteiger charge is 2.50. The number of alkyl halides is 3. The maximum atomic E-state index is 12.8. The number of fused-ring (bicyclic) bond motifs is 2. The lowest BCUT2D eigenvalue weighted by Crippen LogP contribution is -2.52. The Morgan fingerprint density at radius 2 is 1.88 bits per heavy atom. The number of likely N-dealkylation sites (tertiary alicyclic amines) is 1. The molecule has 1 saturated heterocycles. The van der Waals surface area contributed by atoms with Crippen LogP contribution in [0.5, 0.6) is 11.5 Å². The molecule has 2 amide bonds. The lowest BCUT2D eigenvalue weighted by Gasteiger charge is -2.45. The molecule has 222 valence electrons. The number of hydrogen-bond donors (Lipinski definition) is 3. The molecule has 9 nitrogen and oxygen atoms in total. The molecule has 1 aliphatic carbocycles. The first kappa shape index (κ1) is 30.7. The van der Waals surface area contributed by atoms with Crippen LogP contribution in [0.3, 0.4) is 0 Å². The van der Waals surface area contributed by atoms with Crippen LogP contribution in [0, 0.1) is 0 Å². The molecule has 3 N–H and O–H groups in total. The number of halogens is 4. The molecule has 14 heteroatoms. The average Bonchev–Trinajstić information content (AvgIpc) is 3.50. The molecule has 5 rings (SSSR count). The Morgan fingerprint density at radius 1 is 1.17 bits per heavy atom. The smallest absolute Gasteiger partial charge is 0.490 e. The van der Waals surface area contributed by atoms with Gasteiger partial charge in [-0.1, -0.05) is 35.1 Å². The number of methoxy groups -OCH3 is 2. The summed E-state index contributed by atoms with van der Waals surface area (Å²) in [6.07, 6.45) is -1.18. The summed E-state index contributed by atoms with van der Waals surface area (Å²) in [7, 11) is 5.52. The fraction of sp³-hybridized carbons (Fsp3) is 0.444. The maximum Gasteiger partial charge on any atom is 0.490 e. The fourth-order valence-corrected chi connectivity index (χ4v) is 6.84. The molecule has 2 aliphatic rings. The minimum atomic E-state index is -5.08. The number of carboxylic acids is 1. The highest BCUT2D eigenvalue weighted by molar-refractivity contribution is 7.22. The van der Waals surface area contributed by atoms with Gasteiger partial charge in [0.25, 0.3) is 0 Å². The Kier molecular flexibility index (Phi) is 9.19. The van der Waals surface area contributed by atoms with E-state index in [9.17, 15) is 18.0 Å². The number of carboxylic acid groups (broad SMARTS) is 1. The summed E-state index contributed by atoms with van der Waals surface area (Å²) >= 11 is 7.65. The monoisotopic (exact) mass is 614 g/mol. The normalized spacial score (nSPS) is 22.3. The molecule has 3 atom stereocenters. The number of urea groups is 1. The number of nitrogens with one attached hydrogen (secondary N) is 2. The standard InChI is InChI=1S/C25H29ClN4O3S.C2HF3O2/c1-30-12-11-25(15-7-8-18(32-2)19(13-15)33-3)10-9-16(14-21(25)30)27-23(31)29-24-28-22-17(26)5-4-6-20(22)34-24;3-2(4,5)1(6)7/h4-8,13,16,21H,9-12,14H2,1-3H3,(H2,27,28,29,31);(H,6,7). The Balaban J connectivity index is 0.000000493. The Labute approximate surface area is 243 Å². The second-order valence-corrected chi connectivity index (χ2v) is 11.4. The van der Waals surface area contributed by atoms with E-state index in [0.29, 0.717) is 16.2 Å². The summed E-state index contributed by atoms with van der Waals surface area (Å²) in [5.74, 6) is -1.25. The van der Waals surface area contributed by atoms with Crippen LogP contribution in [0.25, 0.3) is 10.2 Å². The van der Waals surface area contributed by atoms with Crippen molar-refractivity contribution in [3.63, 3.8) is 0 Å². The topological polar surface area (TPSA) is 113 Å². The maximum absolute atomic E-state index is 12.8. The molecule has 1 aliphatic heterocycles. The quantitative estimate of drug-likeness (QED) is 0.327. The van der Waals surface area contributed by atoms with Crippen LogP contribution in [0.1, 0.15) is 31.2 Å². The number of para-hydroxylation sites is 1. The van der Waals surface area contributed by atoms with E-state index in [1.807, 2.05) is 18.2 Å². The minimum Gasteiger partial charge on any atom is -0.493 e. The van der Waals surface area contributed by atoms with E-state index in [0.717, 1.165) is 53.9 Å². The molecule has 0 radical (unpaired) electrons. The van der Waals surface area contributed by atoms with Gasteiger partial charge in [0.2, 0.25) is 0 Å². The van der Waals surface area contributed by atoms with Gasteiger partial charge in [0.05, 0.1) is 23.9 Å². The van der Waals surface area contributed by atoms with Gasteiger partial charge in [0, 0.05) is 17.5 Å². The van der Waals surface area contributed by atoms with Crippen LogP contribution in [0.4, 0.5) is 23.1 Å². The number of rotatable bonds is 5. The van der Waals surface area contributed by atoms with Gasteiger partial charge in [0.1, 0.15) is 5.52 Å². The Hall–Kier alpha value is -3.29. The van der Waals surface area contributed by atoms with E-state index in [1.54, 1.807) is 20.3 Å². The highest BCUT2D eigenvalue weighted by Crippen LogP contribution is 2.50. The first-order valence-corrected chi connectivity index (χ1v) is 13.9. The number of anilines is 1.